The number of aromatic nitrogens is 2. The van der Waals surface area contributed by atoms with Crippen LogP contribution in [0.25, 0.3) is 0 Å². The summed E-state index contributed by atoms with van der Waals surface area (Å²) in [6, 6.07) is 5.09. The van der Waals surface area contributed by atoms with E-state index in [0.717, 1.165) is 6.20 Å². The van der Waals surface area contributed by atoms with Crippen molar-refractivity contribution >= 4 is 31.4 Å². The molecule has 6 radical (unpaired) electrons. The SMILES string of the molecule is [B]C([B])(OP1(=O)OCc2cccc(C)c2O1)[C@]1(F)C[C@@H](O)[C@]([B])(n2cc(C)c(=O)[nH]c2=O)O1. The van der Waals surface area contributed by atoms with Gasteiger partial charge in [-0.1, -0.05) is 18.2 Å². The molecule has 2 aromatic rings. The Bertz CT molecular complexity index is 1290. The molecule has 0 bridgehead atoms. The van der Waals surface area contributed by atoms with Gasteiger partial charge in [0.1, 0.15) is 34.9 Å². The van der Waals surface area contributed by atoms with Gasteiger partial charge in [0.2, 0.25) is 5.85 Å². The lowest BCUT2D eigenvalue weighted by molar-refractivity contribution is -0.219. The van der Waals surface area contributed by atoms with Gasteiger partial charge in [-0.25, -0.2) is 13.8 Å². The molecule has 0 saturated carbocycles. The van der Waals surface area contributed by atoms with Crippen molar-refractivity contribution in [3.8, 4) is 5.75 Å². The number of aliphatic hydroxyl groups excluding tert-OH is 1. The van der Waals surface area contributed by atoms with Crippen molar-refractivity contribution < 1.29 is 32.4 Å². The number of phosphoric ester groups is 1. The Hall–Kier alpha value is -2.11. The standard InChI is InChI=1S/C18H17B3FN2O8P/c1-9-4-3-5-11-8-29-33(28,30-13(9)11)32-18(20,21)16(22)6-12(25)17(19,31-16)24-7-10(2)14(26)23-15(24)27/h3-5,7,12,25H,6,8H2,1-2H3,(H,23,26,27)/t12-,16+,17+,33?/m1/s1. The molecule has 2 N–H and O–H groups in total. The van der Waals surface area contributed by atoms with E-state index >= 15 is 4.39 Å². The summed E-state index contributed by atoms with van der Waals surface area (Å²) < 4.78 is 50.2. The zero-order chi connectivity index (χ0) is 24.4. The number of ether oxygens (including phenoxy) is 1. The fraction of sp³-hybridized carbons (Fsp3) is 0.444. The molecule has 168 valence electrons. The number of halogens is 1. The third-order valence-corrected chi connectivity index (χ3v) is 6.85. The number of phosphoric acid groups is 1. The summed E-state index contributed by atoms with van der Waals surface area (Å²) in [5.74, 6) is -3.08. The first-order chi connectivity index (χ1) is 15.2. The number of para-hydroxylation sites is 1. The van der Waals surface area contributed by atoms with Crippen LogP contribution in [0.4, 0.5) is 4.39 Å². The molecule has 0 amide bonds. The fourth-order valence-electron chi connectivity index (χ4n) is 3.58. The van der Waals surface area contributed by atoms with Gasteiger partial charge in [0.05, 0.1) is 18.1 Å². The molecule has 0 aliphatic carbocycles. The third kappa shape index (κ3) is 3.93. The van der Waals surface area contributed by atoms with Crippen molar-refractivity contribution in [1.29, 1.82) is 0 Å². The molecule has 2 aliphatic rings. The van der Waals surface area contributed by atoms with E-state index in [1.54, 1.807) is 25.1 Å². The topological polar surface area (TPSA) is 129 Å². The maximum Gasteiger partial charge on any atom is 0.529 e. The Morgan fingerprint density at radius 2 is 2.03 bits per heavy atom. The minimum Gasteiger partial charge on any atom is -0.403 e. The maximum absolute atomic E-state index is 15.9. The van der Waals surface area contributed by atoms with Crippen molar-refractivity contribution in [1.82, 2.24) is 9.55 Å². The number of aliphatic hydroxyl groups is 1. The summed E-state index contributed by atoms with van der Waals surface area (Å²) >= 11 is 0. The quantitative estimate of drug-likeness (QED) is 0.475. The van der Waals surface area contributed by atoms with Gasteiger partial charge in [0.15, 0.2) is 0 Å². The molecule has 33 heavy (non-hydrogen) atoms. The molecule has 4 rings (SSSR count). The molecule has 0 spiro atoms. The Balaban J connectivity index is 1.64. The smallest absolute Gasteiger partial charge is 0.403 e. The zero-order valence-electron chi connectivity index (χ0n) is 17.6. The van der Waals surface area contributed by atoms with Crippen molar-refractivity contribution in [3.05, 3.63) is 61.9 Å². The molecule has 1 aromatic carbocycles. The highest BCUT2D eigenvalue weighted by molar-refractivity contribution is 7.49. The summed E-state index contributed by atoms with van der Waals surface area (Å²) in [5, 5.41) is 7.46. The monoisotopic (exact) mass is 472 g/mol. The largest absolute Gasteiger partial charge is 0.529 e. The number of alkyl halides is 1. The fourth-order valence-corrected chi connectivity index (χ4v) is 5.01. The number of rotatable bonds is 4. The molecule has 1 aromatic heterocycles. The van der Waals surface area contributed by atoms with Gasteiger partial charge in [-0.2, -0.15) is 0 Å². The van der Waals surface area contributed by atoms with E-state index in [2.05, 4.69) is 0 Å². The van der Waals surface area contributed by atoms with Crippen LogP contribution in [0.1, 0.15) is 23.1 Å². The minimum absolute atomic E-state index is 0.0251. The molecular weight excluding hydrogens is 455 g/mol. The first-order valence-corrected chi connectivity index (χ1v) is 11.2. The predicted molar refractivity (Wildman–Crippen MR) is 115 cm³/mol. The van der Waals surface area contributed by atoms with E-state index in [1.807, 2.05) is 4.98 Å². The summed E-state index contributed by atoms with van der Waals surface area (Å²) in [7, 11) is 13.0. The molecule has 10 nitrogen and oxygen atoms in total. The number of benzene rings is 1. The van der Waals surface area contributed by atoms with Crippen LogP contribution < -0.4 is 15.8 Å². The van der Waals surface area contributed by atoms with Gasteiger partial charge in [0.25, 0.3) is 5.56 Å². The Morgan fingerprint density at radius 3 is 2.73 bits per heavy atom. The van der Waals surface area contributed by atoms with Gasteiger partial charge in [-0.05, 0) is 19.4 Å². The average molecular weight is 472 g/mol. The molecule has 15 heteroatoms. The number of fused-ring (bicyclic) bond motifs is 1. The van der Waals surface area contributed by atoms with Crippen molar-refractivity contribution in [2.45, 2.75) is 49.9 Å². The summed E-state index contributed by atoms with van der Waals surface area (Å²) in [5.41, 5.74) is -3.14. The van der Waals surface area contributed by atoms with E-state index in [1.165, 1.54) is 6.92 Å². The summed E-state index contributed by atoms with van der Waals surface area (Å²) in [6.07, 6.45) is -1.91. The summed E-state index contributed by atoms with van der Waals surface area (Å²) in [4.78, 5) is 25.8. The molecule has 1 unspecified atom stereocenters. The number of hydrogen-bond acceptors (Lipinski definition) is 8. The number of aryl methyl sites for hydroxylation is 2. The highest BCUT2D eigenvalue weighted by Crippen LogP contribution is 2.59. The normalized spacial score (nSPS) is 31.7. The van der Waals surface area contributed by atoms with Crippen LogP contribution >= 0.6 is 7.82 Å². The molecule has 4 atom stereocenters. The molecule has 2 aliphatic heterocycles. The zero-order valence-corrected chi connectivity index (χ0v) is 18.5. The number of hydrogen-bond donors (Lipinski definition) is 2. The van der Waals surface area contributed by atoms with Crippen molar-refractivity contribution in [2.75, 3.05) is 0 Å². The van der Waals surface area contributed by atoms with Gasteiger partial charge in [0, 0.05) is 23.7 Å². The second-order valence-corrected chi connectivity index (χ2v) is 9.52. The van der Waals surface area contributed by atoms with E-state index < -0.39 is 48.5 Å². The van der Waals surface area contributed by atoms with Crippen LogP contribution in [0.5, 0.6) is 5.75 Å². The van der Waals surface area contributed by atoms with E-state index in [0.29, 0.717) is 15.7 Å². The van der Waals surface area contributed by atoms with Gasteiger partial charge in [-0.15, -0.1) is 0 Å². The second kappa shape index (κ2) is 7.71. The molecule has 3 heterocycles. The van der Waals surface area contributed by atoms with Crippen LogP contribution in [0.2, 0.25) is 0 Å². The molecule has 1 fully saturated rings. The lowest BCUT2D eigenvalue weighted by Crippen LogP contribution is -2.56. The van der Waals surface area contributed by atoms with Crippen LogP contribution in [-0.2, 0) is 30.6 Å². The highest BCUT2D eigenvalue weighted by atomic mass is 31.2. The number of H-pyrrole nitrogens is 1. The van der Waals surface area contributed by atoms with Crippen LogP contribution in [-0.4, -0.2) is 55.6 Å². The highest BCUT2D eigenvalue weighted by Gasteiger charge is 2.63. The lowest BCUT2D eigenvalue weighted by Gasteiger charge is -2.41. The first-order valence-electron chi connectivity index (χ1n) is 9.70. The second-order valence-electron chi connectivity index (χ2n) is 8.00. The average Bonchev–Trinajstić information content (AvgIpc) is 2.95. The lowest BCUT2D eigenvalue weighted by atomic mass is 9.60. The molecular formula is C18H17B3FN2O8P. The predicted octanol–water partition coefficient (Wildman–Crippen LogP) is 0.104. The maximum atomic E-state index is 15.9. The minimum atomic E-state index is -4.56. The van der Waals surface area contributed by atoms with Crippen LogP contribution in [0, 0.1) is 13.8 Å². The number of nitrogens with zero attached hydrogens (tertiary/aromatic N) is 1. The van der Waals surface area contributed by atoms with E-state index in [-0.39, 0.29) is 17.9 Å². The first kappa shape index (κ1) is 24.0. The van der Waals surface area contributed by atoms with E-state index in [9.17, 15) is 19.3 Å². The third-order valence-electron chi connectivity index (χ3n) is 5.48. The van der Waals surface area contributed by atoms with Gasteiger partial charge in [-0.3, -0.25) is 23.4 Å². The number of nitrogens with one attached hydrogen (secondary N) is 1. The Morgan fingerprint density at radius 1 is 1.33 bits per heavy atom. The van der Waals surface area contributed by atoms with Crippen molar-refractivity contribution in [3.63, 3.8) is 0 Å². The van der Waals surface area contributed by atoms with Crippen LogP contribution in [0.3, 0.4) is 0 Å². The van der Waals surface area contributed by atoms with Crippen molar-refractivity contribution in [2.24, 2.45) is 0 Å². The Labute approximate surface area is 191 Å². The molecule has 1 saturated heterocycles. The van der Waals surface area contributed by atoms with Crippen LogP contribution in [0.15, 0.2) is 34.0 Å². The number of aromatic amines is 1. The van der Waals surface area contributed by atoms with Gasteiger partial charge >= 0.3 is 13.5 Å². The van der Waals surface area contributed by atoms with E-state index in [4.69, 9.17) is 41.8 Å². The Kier molecular flexibility index (Phi) is 5.62. The van der Waals surface area contributed by atoms with Gasteiger partial charge < -0.3 is 14.4 Å². The summed E-state index contributed by atoms with van der Waals surface area (Å²) in [6.45, 7) is 2.84.